The normalized spacial score (nSPS) is 17.8. The van der Waals surface area contributed by atoms with Gasteiger partial charge in [0.05, 0.1) is 11.6 Å². The van der Waals surface area contributed by atoms with Crippen LogP contribution in [0.5, 0.6) is 0 Å². The molecule has 2 aromatic rings. The lowest BCUT2D eigenvalue weighted by molar-refractivity contribution is -0.143. The van der Waals surface area contributed by atoms with Crippen molar-refractivity contribution in [3.63, 3.8) is 0 Å². The van der Waals surface area contributed by atoms with E-state index >= 15 is 0 Å². The smallest absolute Gasteiger partial charge is 0.308 e. The molecular weight excluding hydrogens is 332 g/mol. The third-order valence-electron chi connectivity index (χ3n) is 4.09. The van der Waals surface area contributed by atoms with Crippen molar-refractivity contribution < 1.29 is 14.7 Å². The molecule has 1 amide bonds. The number of carbonyl (C=O) groups excluding carboxylic acids is 1. The maximum Gasteiger partial charge on any atom is 0.308 e. The Bertz CT molecular complexity index is 772. The number of hydrogen-bond donors (Lipinski definition) is 1. The van der Waals surface area contributed by atoms with Crippen LogP contribution in [-0.4, -0.2) is 49.7 Å². The fourth-order valence-corrected chi connectivity index (χ4v) is 2.94. The Morgan fingerprint density at radius 1 is 1.29 bits per heavy atom. The number of rotatable bonds is 3. The van der Waals surface area contributed by atoms with E-state index in [0.29, 0.717) is 30.2 Å². The van der Waals surface area contributed by atoms with Gasteiger partial charge in [0.15, 0.2) is 0 Å². The first-order chi connectivity index (χ1) is 11.5. The number of aryl methyl sites for hydroxylation is 1. The van der Waals surface area contributed by atoms with Gasteiger partial charge in [0, 0.05) is 18.1 Å². The van der Waals surface area contributed by atoms with Gasteiger partial charge in [-0.2, -0.15) is 0 Å². The summed E-state index contributed by atoms with van der Waals surface area (Å²) in [5.41, 5.74) is 0.755. The summed E-state index contributed by atoms with van der Waals surface area (Å²) in [4.78, 5) is 29.5. The van der Waals surface area contributed by atoms with Gasteiger partial charge < -0.3 is 10.0 Å². The third kappa shape index (κ3) is 3.26. The second-order valence-electron chi connectivity index (χ2n) is 5.80. The monoisotopic (exact) mass is 348 g/mol. The average molecular weight is 349 g/mol. The molecule has 0 spiro atoms. The predicted octanol–water partition coefficient (Wildman–Crippen LogP) is 2.17. The minimum atomic E-state index is -0.872. The fourth-order valence-electron chi connectivity index (χ4n) is 2.81. The van der Waals surface area contributed by atoms with Crippen LogP contribution in [-0.2, 0) is 4.79 Å². The molecule has 1 N–H and O–H groups in total. The first-order valence-corrected chi connectivity index (χ1v) is 8.05. The minimum absolute atomic E-state index is 0.0773. The van der Waals surface area contributed by atoms with Crippen molar-refractivity contribution in [3.05, 3.63) is 40.9 Å². The van der Waals surface area contributed by atoms with E-state index in [0.717, 1.165) is 5.69 Å². The Labute approximate surface area is 143 Å². The molecule has 1 atom stereocenters. The highest BCUT2D eigenvalue weighted by atomic mass is 35.5. The van der Waals surface area contributed by atoms with Crippen LogP contribution < -0.4 is 0 Å². The first kappa shape index (κ1) is 16.4. The van der Waals surface area contributed by atoms with Gasteiger partial charge in [-0.3, -0.25) is 9.59 Å². The number of carbonyl (C=O) groups is 2. The topological polar surface area (TPSA) is 88.3 Å². The van der Waals surface area contributed by atoms with Crippen molar-refractivity contribution in [2.75, 3.05) is 13.1 Å². The van der Waals surface area contributed by atoms with E-state index in [1.165, 1.54) is 4.90 Å². The molecule has 1 unspecified atom stereocenters. The van der Waals surface area contributed by atoms with E-state index in [9.17, 15) is 9.59 Å². The number of carboxylic acid groups (broad SMARTS) is 1. The van der Waals surface area contributed by atoms with Gasteiger partial charge in [-0.1, -0.05) is 11.6 Å². The molecule has 1 aliphatic rings. The van der Waals surface area contributed by atoms with Crippen LogP contribution >= 0.6 is 11.6 Å². The number of hydrogen-bond acceptors (Lipinski definition) is 4. The number of halogens is 1. The number of benzene rings is 1. The number of piperidine rings is 1. The lowest BCUT2D eigenvalue weighted by atomic mass is 9.98. The minimum Gasteiger partial charge on any atom is -0.481 e. The molecule has 24 heavy (non-hydrogen) atoms. The molecule has 1 fully saturated rings. The van der Waals surface area contributed by atoms with Gasteiger partial charge >= 0.3 is 5.97 Å². The molecule has 0 bridgehead atoms. The molecule has 1 aromatic heterocycles. The Morgan fingerprint density at radius 2 is 2.00 bits per heavy atom. The number of nitrogens with zero attached hydrogens (tertiary/aromatic N) is 4. The highest BCUT2D eigenvalue weighted by molar-refractivity contribution is 6.30. The largest absolute Gasteiger partial charge is 0.481 e. The molecular formula is C16H17ClN4O3. The van der Waals surface area contributed by atoms with E-state index in [1.807, 2.05) is 0 Å². The van der Waals surface area contributed by atoms with E-state index in [4.69, 9.17) is 16.7 Å². The number of likely N-dealkylation sites (tertiary alicyclic amines) is 1. The molecule has 3 rings (SSSR count). The van der Waals surface area contributed by atoms with Gasteiger partial charge in [0.25, 0.3) is 5.91 Å². The van der Waals surface area contributed by atoms with Crippen molar-refractivity contribution in [1.82, 2.24) is 19.7 Å². The van der Waals surface area contributed by atoms with Gasteiger partial charge in [-0.25, -0.2) is 9.67 Å². The van der Waals surface area contributed by atoms with Crippen molar-refractivity contribution in [1.29, 1.82) is 0 Å². The van der Waals surface area contributed by atoms with Gasteiger partial charge in [0.2, 0.25) is 5.82 Å². The van der Waals surface area contributed by atoms with E-state index in [1.54, 1.807) is 35.9 Å². The quantitative estimate of drug-likeness (QED) is 0.918. The summed E-state index contributed by atoms with van der Waals surface area (Å²) in [5, 5.41) is 14.0. The van der Waals surface area contributed by atoms with Crippen LogP contribution in [0.4, 0.5) is 0 Å². The SMILES string of the molecule is Cc1nc(C(=O)N2CCCC(C(=O)O)C2)nn1-c1ccc(Cl)cc1. The second kappa shape index (κ2) is 6.60. The van der Waals surface area contributed by atoms with Crippen molar-refractivity contribution in [3.8, 4) is 5.69 Å². The Morgan fingerprint density at radius 3 is 2.67 bits per heavy atom. The van der Waals surface area contributed by atoms with Crippen LogP contribution in [0.2, 0.25) is 5.02 Å². The summed E-state index contributed by atoms with van der Waals surface area (Å²) in [5.74, 6) is -1.08. The molecule has 1 saturated heterocycles. The lowest BCUT2D eigenvalue weighted by Gasteiger charge is -2.29. The summed E-state index contributed by atoms with van der Waals surface area (Å²) in [7, 11) is 0. The number of aliphatic carboxylic acids is 1. The zero-order valence-corrected chi connectivity index (χ0v) is 13.9. The van der Waals surface area contributed by atoms with Crippen LogP contribution in [0.25, 0.3) is 5.69 Å². The number of amides is 1. The molecule has 2 heterocycles. The Hall–Kier alpha value is -2.41. The number of aromatic nitrogens is 3. The summed E-state index contributed by atoms with van der Waals surface area (Å²) >= 11 is 5.88. The van der Waals surface area contributed by atoms with E-state index < -0.39 is 11.9 Å². The van der Waals surface area contributed by atoms with Gasteiger partial charge in [-0.05, 0) is 44.0 Å². The van der Waals surface area contributed by atoms with Crippen LogP contribution in [0.15, 0.2) is 24.3 Å². The molecule has 126 valence electrons. The molecule has 7 nitrogen and oxygen atoms in total. The van der Waals surface area contributed by atoms with Gasteiger partial charge in [0.1, 0.15) is 5.82 Å². The molecule has 1 aromatic carbocycles. The Balaban J connectivity index is 1.82. The average Bonchev–Trinajstić information content (AvgIpc) is 2.97. The molecule has 0 saturated carbocycles. The van der Waals surface area contributed by atoms with E-state index in [2.05, 4.69) is 10.1 Å². The summed E-state index contributed by atoms with van der Waals surface area (Å²) in [6.07, 6.45) is 1.25. The maximum absolute atomic E-state index is 12.6. The van der Waals surface area contributed by atoms with Crippen molar-refractivity contribution >= 4 is 23.5 Å². The predicted molar refractivity (Wildman–Crippen MR) is 87.4 cm³/mol. The number of carboxylic acids is 1. The standard InChI is InChI=1S/C16H17ClN4O3/c1-10-18-14(19-21(10)13-6-4-12(17)5-7-13)15(22)20-8-2-3-11(9-20)16(23)24/h4-7,11H,2-3,8-9H2,1H3,(H,23,24). The van der Waals surface area contributed by atoms with E-state index in [-0.39, 0.29) is 18.3 Å². The highest BCUT2D eigenvalue weighted by Gasteiger charge is 2.30. The molecule has 8 heteroatoms. The molecule has 1 aliphatic heterocycles. The summed E-state index contributed by atoms with van der Waals surface area (Å²) in [6, 6.07) is 7.06. The summed E-state index contributed by atoms with van der Waals surface area (Å²) < 4.78 is 1.57. The third-order valence-corrected chi connectivity index (χ3v) is 4.34. The maximum atomic E-state index is 12.6. The van der Waals surface area contributed by atoms with Crippen LogP contribution in [0, 0.1) is 12.8 Å². The lowest BCUT2D eigenvalue weighted by Crippen LogP contribution is -2.42. The molecule has 0 radical (unpaired) electrons. The zero-order chi connectivity index (χ0) is 17.3. The first-order valence-electron chi connectivity index (χ1n) is 7.67. The van der Waals surface area contributed by atoms with Gasteiger partial charge in [-0.15, -0.1) is 5.10 Å². The summed E-state index contributed by atoms with van der Waals surface area (Å²) in [6.45, 7) is 2.48. The van der Waals surface area contributed by atoms with Crippen LogP contribution in [0.3, 0.4) is 0 Å². The van der Waals surface area contributed by atoms with Crippen molar-refractivity contribution in [2.45, 2.75) is 19.8 Å². The molecule has 0 aliphatic carbocycles. The Kier molecular flexibility index (Phi) is 4.53. The highest BCUT2D eigenvalue weighted by Crippen LogP contribution is 2.19. The fraction of sp³-hybridized carbons (Fsp3) is 0.375. The van der Waals surface area contributed by atoms with Crippen LogP contribution in [0.1, 0.15) is 29.3 Å². The second-order valence-corrected chi connectivity index (χ2v) is 6.24. The zero-order valence-electron chi connectivity index (χ0n) is 13.1. The van der Waals surface area contributed by atoms with Crippen molar-refractivity contribution in [2.24, 2.45) is 5.92 Å².